The Bertz CT molecular complexity index is 645. The first kappa shape index (κ1) is 16.1. The lowest BCUT2D eigenvalue weighted by atomic mass is 10.00. The molecule has 2 rings (SSSR count). The number of carbonyl (C=O) groups is 1. The van der Waals surface area contributed by atoms with E-state index in [1.807, 2.05) is 0 Å². The number of alkyl halides is 3. The zero-order valence-corrected chi connectivity index (χ0v) is 12.3. The van der Waals surface area contributed by atoms with E-state index >= 15 is 0 Å². The highest BCUT2D eigenvalue weighted by atomic mass is 19.4. The monoisotopic (exact) mass is 311 g/mol. The summed E-state index contributed by atoms with van der Waals surface area (Å²) in [5.74, 6) is -0.308. The molecule has 0 saturated heterocycles. The first-order chi connectivity index (χ1) is 10.4. The molecule has 118 valence electrons. The van der Waals surface area contributed by atoms with Crippen LogP contribution >= 0.6 is 0 Å². The SMILES string of the molecule is CCO/C=C1/CC(NC)=C(c2cccc(C(F)(F)F)c2)C1=O. The van der Waals surface area contributed by atoms with Crippen molar-refractivity contribution in [3.63, 3.8) is 0 Å². The molecule has 22 heavy (non-hydrogen) atoms. The molecule has 3 nitrogen and oxygen atoms in total. The third-order valence-corrected chi connectivity index (χ3v) is 3.36. The summed E-state index contributed by atoms with van der Waals surface area (Å²) in [5.41, 5.74) is 0.764. The number of halogens is 3. The van der Waals surface area contributed by atoms with Crippen molar-refractivity contribution >= 4 is 11.4 Å². The Morgan fingerprint density at radius 2 is 2.09 bits per heavy atom. The molecule has 0 aliphatic heterocycles. The van der Waals surface area contributed by atoms with E-state index in [4.69, 9.17) is 4.74 Å². The first-order valence-electron chi connectivity index (χ1n) is 6.82. The predicted molar refractivity (Wildman–Crippen MR) is 76.8 cm³/mol. The van der Waals surface area contributed by atoms with Crippen LogP contribution in [0.2, 0.25) is 0 Å². The molecule has 1 aromatic rings. The number of carbonyl (C=O) groups excluding carboxylic acids is 1. The summed E-state index contributed by atoms with van der Waals surface area (Å²) in [6.07, 6.45) is -2.75. The molecular formula is C16H16F3NO2. The summed E-state index contributed by atoms with van der Waals surface area (Å²) in [6, 6.07) is 4.78. The van der Waals surface area contributed by atoms with Gasteiger partial charge in [0.25, 0.3) is 0 Å². The van der Waals surface area contributed by atoms with Crippen LogP contribution in [-0.4, -0.2) is 19.4 Å². The van der Waals surface area contributed by atoms with E-state index in [9.17, 15) is 18.0 Å². The number of rotatable bonds is 4. The molecule has 1 aromatic carbocycles. The van der Waals surface area contributed by atoms with E-state index in [1.165, 1.54) is 18.4 Å². The lowest BCUT2D eigenvalue weighted by Crippen LogP contribution is -2.08. The van der Waals surface area contributed by atoms with Crippen LogP contribution in [0.3, 0.4) is 0 Å². The standard InChI is InChI=1S/C16H16F3NO2/c1-3-22-9-11-8-13(20-2)14(15(11)21)10-5-4-6-12(7-10)16(17,18)19/h4-7,9,20H,3,8H2,1-2H3/b11-9-. The van der Waals surface area contributed by atoms with E-state index < -0.39 is 11.7 Å². The van der Waals surface area contributed by atoms with Gasteiger partial charge in [0.15, 0.2) is 5.78 Å². The summed E-state index contributed by atoms with van der Waals surface area (Å²) in [5, 5.41) is 2.89. The first-order valence-corrected chi connectivity index (χ1v) is 6.82. The minimum Gasteiger partial charge on any atom is -0.501 e. The Hall–Kier alpha value is -2.24. The van der Waals surface area contributed by atoms with Gasteiger partial charge in [0, 0.05) is 30.3 Å². The van der Waals surface area contributed by atoms with Crippen LogP contribution in [-0.2, 0) is 15.7 Å². The molecule has 0 unspecified atom stereocenters. The lowest BCUT2D eigenvalue weighted by Gasteiger charge is -2.10. The molecule has 0 atom stereocenters. The fraction of sp³-hybridized carbons (Fsp3) is 0.312. The highest BCUT2D eigenvalue weighted by Gasteiger charge is 2.33. The van der Waals surface area contributed by atoms with Crippen LogP contribution in [0.1, 0.15) is 24.5 Å². The third-order valence-electron chi connectivity index (χ3n) is 3.36. The van der Waals surface area contributed by atoms with Gasteiger partial charge in [-0.3, -0.25) is 4.79 Å². The van der Waals surface area contributed by atoms with E-state index in [0.717, 1.165) is 12.1 Å². The van der Waals surface area contributed by atoms with Crippen LogP contribution in [0, 0.1) is 0 Å². The van der Waals surface area contributed by atoms with Crippen molar-refractivity contribution < 1.29 is 22.7 Å². The summed E-state index contributed by atoms with van der Waals surface area (Å²) in [6.45, 7) is 2.21. The van der Waals surface area contributed by atoms with Crippen molar-refractivity contribution in [3.8, 4) is 0 Å². The average Bonchev–Trinajstić information content (AvgIpc) is 2.80. The summed E-state index contributed by atoms with van der Waals surface area (Å²) >= 11 is 0. The molecule has 0 bridgehead atoms. The van der Waals surface area contributed by atoms with E-state index in [-0.39, 0.29) is 16.9 Å². The summed E-state index contributed by atoms with van der Waals surface area (Å²) in [4.78, 5) is 12.4. The van der Waals surface area contributed by atoms with Crippen molar-refractivity contribution in [2.75, 3.05) is 13.7 Å². The third kappa shape index (κ3) is 3.16. The second kappa shape index (κ2) is 6.25. The van der Waals surface area contributed by atoms with Crippen LogP contribution in [0.4, 0.5) is 13.2 Å². The lowest BCUT2D eigenvalue weighted by molar-refractivity contribution is -0.137. The van der Waals surface area contributed by atoms with Gasteiger partial charge < -0.3 is 10.1 Å². The smallest absolute Gasteiger partial charge is 0.416 e. The molecule has 1 aliphatic rings. The Morgan fingerprint density at radius 3 is 2.68 bits per heavy atom. The van der Waals surface area contributed by atoms with Crippen LogP contribution in [0.5, 0.6) is 0 Å². The molecule has 0 saturated carbocycles. The molecule has 0 radical (unpaired) electrons. The number of hydrogen-bond acceptors (Lipinski definition) is 3. The molecule has 0 fully saturated rings. The zero-order chi connectivity index (χ0) is 16.3. The Balaban J connectivity index is 2.44. The fourth-order valence-electron chi connectivity index (χ4n) is 2.31. The minimum absolute atomic E-state index is 0.254. The van der Waals surface area contributed by atoms with E-state index in [2.05, 4.69) is 5.32 Å². The van der Waals surface area contributed by atoms with Crippen molar-refractivity contribution in [2.45, 2.75) is 19.5 Å². The van der Waals surface area contributed by atoms with E-state index in [0.29, 0.717) is 24.3 Å². The normalized spacial score (nSPS) is 17.3. The zero-order valence-electron chi connectivity index (χ0n) is 12.3. The Kier molecular flexibility index (Phi) is 4.59. The van der Waals surface area contributed by atoms with E-state index in [1.54, 1.807) is 14.0 Å². The maximum atomic E-state index is 12.8. The number of hydrogen-bond donors (Lipinski definition) is 1. The van der Waals surface area contributed by atoms with Crippen molar-refractivity contribution in [2.24, 2.45) is 0 Å². The topological polar surface area (TPSA) is 38.3 Å². The Morgan fingerprint density at radius 1 is 1.36 bits per heavy atom. The van der Waals surface area contributed by atoms with Crippen LogP contribution in [0.15, 0.2) is 41.8 Å². The maximum Gasteiger partial charge on any atom is 0.416 e. The van der Waals surface area contributed by atoms with Gasteiger partial charge in [-0.1, -0.05) is 12.1 Å². The van der Waals surface area contributed by atoms with Crippen LogP contribution < -0.4 is 5.32 Å². The number of ketones is 1. The number of Topliss-reactive ketones (excluding diaryl/α,β-unsaturated/α-hetero) is 1. The molecule has 0 amide bonds. The predicted octanol–water partition coefficient (Wildman–Crippen LogP) is 3.53. The van der Waals surface area contributed by atoms with Crippen molar-refractivity contribution in [3.05, 3.63) is 52.9 Å². The fourth-order valence-corrected chi connectivity index (χ4v) is 2.31. The molecule has 1 aliphatic carbocycles. The van der Waals surface area contributed by atoms with Gasteiger partial charge in [0.2, 0.25) is 0 Å². The molecule has 6 heteroatoms. The molecular weight excluding hydrogens is 295 g/mol. The largest absolute Gasteiger partial charge is 0.501 e. The summed E-state index contributed by atoms with van der Waals surface area (Å²) < 4.78 is 43.6. The molecule has 0 spiro atoms. The van der Waals surface area contributed by atoms with Gasteiger partial charge in [-0.2, -0.15) is 13.2 Å². The van der Waals surface area contributed by atoms with Gasteiger partial charge in [-0.05, 0) is 24.6 Å². The highest BCUT2D eigenvalue weighted by molar-refractivity contribution is 6.32. The molecule has 1 N–H and O–H groups in total. The van der Waals surface area contributed by atoms with Gasteiger partial charge in [-0.25, -0.2) is 0 Å². The second-order valence-corrected chi connectivity index (χ2v) is 4.79. The molecule has 0 heterocycles. The minimum atomic E-state index is -4.44. The van der Waals surface area contributed by atoms with Crippen molar-refractivity contribution in [1.29, 1.82) is 0 Å². The van der Waals surface area contributed by atoms with Crippen molar-refractivity contribution in [1.82, 2.24) is 5.32 Å². The van der Waals surface area contributed by atoms with Gasteiger partial charge >= 0.3 is 6.18 Å². The number of benzene rings is 1. The highest BCUT2D eigenvalue weighted by Crippen LogP contribution is 2.36. The number of allylic oxidation sites excluding steroid dienone is 2. The second-order valence-electron chi connectivity index (χ2n) is 4.79. The number of ether oxygens (including phenoxy) is 1. The summed E-state index contributed by atoms with van der Waals surface area (Å²) in [7, 11) is 1.64. The van der Waals surface area contributed by atoms with Gasteiger partial charge in [0.1, 0.15) is 0 Å². The molecule has 0 aromatic heterocycles. The van der Waals surface area contributed by atoms with Crippen LogP contribution in [0.25, 0.3) is 5.57 Å². The quantitative estimate of drug-likeness (QED) is 0.683. The maximum absolute atomic E-state index is 12.8. The van der Waals surface area contributed by atoms with Gasteiger partial charge in [-0.15, -0.1) is 0 Å². The average molecular weight is 311 g/mol. The number of nitrogens with one attached hydrogen (secondary N) is 1. The Labute approximate surface area is 126 Å². The van der Waals surface area contributed by atoms with Gasteiger partial charge in [0.05, 0.1) is 18.4 Å².